The monoisotopic (exact) mass is 479 g/mol. The summed E-state index contributed by atoms with van der Waals surface area (Å²) < 4.78 is 7.90. The molecule has 0 aliphatic heterocycles. The second kappa shape index (κ2) is 6.39. The highest BCUT2D eigenvalue weighted by molar-refractivity contribution is 7.27. The summed E-state index contributed by atoms with van der Waals surface area (Å²) in [6, 6.07) is 35.9. The highest BCUT2D eigenvalue weighted by atomic mass is 32.1. The molecule has 0 radical (unpaired) electrons. The highest BCUT2D eigenvalue weighted by Crippen LogP contribution is 2.47. The predicted octanol–water partition coefficient (Wildman–Crippen LogP) is 10.1. The van der Waals surface area contributed by atoms with Gasteiger partial charge in [-0.1, -0.05) is 78.9 Å². The summed E-state index contributed by atoms with van der Waals surface area (Å²) in [5, 5.41) is 12.1. The van der Waals surface area contributed by atoms with Gasteiger partial charge < -0.3 is 4.40 Å². The largest absolute Gasteiger partial charge is 0.313 e. The first-order valence-electron chi connectivity index (χ1n) is 11.9. The van der Waals surface area contributed by atoms with E-state index in [1.165, 1.54) is 78.3 Å². The van der Waals surface area contributed by atoms with Crippen LogP contribution in [-0.2, 0) is 0 Å². The maximum Gasteiger partial charge on any atom is 0.0714 e. The molecule has 3 heteroatoms. The molecule has 0 N–H and O–H groups in total. The van der Waals surface area contributed by atoms with E-state index in [0.717, 1.165) is 0 Å². The van der Waals surface area contributed by atoms with E-state index >= 15 is 0 Å². The van der Waals surface area contributed by atoms with Crippen LogP contribution in [0.25, 0.3) is 78.3 Å². The van der Waals surface area contributed by atoms with Gasteiger partial charge in [0, 0.05) is 68.8 Å². The Morgan fingerprint density at radius 2 is 1.09 bits per heavy atom. The number of hydrogen-bond donors (Lipinski definition) is 0. The minimum absolute atomic E-state index is 1.29. The molecule has 0 fully saturated rings. The average Bonchev–Trinajstić information content (AvgIpc) is 3.59. The van der Waals surface area contributed by atoms with Gasteiger partial charge in [-0.15, -0.1) is 22.7 Å². The third-order valence-electron chi connectivity index (χ3n) is 7.55. The first-order chi connectivity index (χ1) is 17.4. The molecule has 35 heavy (non-hydrogen) atoms. The van der Waals surface area contributed by atoms with Gasteiger partial charge in [0.1, 0.15) is 0 Å². The van der Waals surface area contributed by atoms with Gasteiger partial charge in [0.05, 0.1) is 15.7 Å². The second-order valence-corrected chi connectivity index (χ2v) is 11.5. The first-order valence-corrected chi connectivity index (χ1v) is 13.5. The third kappa shape index (κ3) is 2.23. The number of hydrogen-bond acceptors (Lipinski definition) is 2. The van der Waals surface area contributed by atoms with Crippen molar-refractivity contribution in [3.63, 3.8) is 0 Å². The fourth-order valence-electron chi connectivity index (χ4n) is 6.12. The van der Waals surface area contributed by atoms with Crippen molar-refractivity contribution in [2.24, 2.45) is 0 Å². The lowest BCUT2D eigenvalue weighted by atomic mass is 9.97. The van der Waals surface area contributed by atoms with Crippen LogP contribution in [0.1, 0.15) is 0 Å². The van der Waals surface area contributed by atoms with Gasteiger partial charge in [0.25, 0.3) is 0 Å². The van der Waals surface area contributed by atoms with Gasteiger partial charge in [-0.25, -0.2) is 0 Å². The Morgan fingerprint density at radius 1 is 0.429 bits per heavy atom. The molecule has 4 heterocycles. The van der Waals surface area contributed by atoms with E-state index in [4.69, 9.17) is 0 Å². The van der Waals surface area contributed by atoms with Gasteiger partial charge in [-0.3, -0.25) is 0 Å². The van der Waals surface area contributed by atoms with E-state index in [1.807, 2.05) is 22.7 Å². The number of aromatic nitrogens is 1. The fourth-order valence-corrected chi connectivity index (χ4v) is 8.48. The molecule has 162 valence electrons. The molecule has 9 aromatic rings. The Morgan fingerprint density at radius 3 is 1.97 bits per heavy atom. The van der Waals surface area contributed by atoms with Crippen LogP contribution in [0.2, 0.25) is 0 Å². The van der Waals surface area contributed by atoms with Crippen molar-refractivity contribution in [1.82, 2.24) is 4.40 Å². The van der Waals surface area contributed by atoms with Gasteiger partial charge in [0.2, 0.25) is 0 Å². The van der Waals surface area contributed by atoms with Crippen LogP contribution < -0.4 is 0 Å². The van der Waals surface area contributed by atoms with Crippen molar-refractivity contribution >= 4 is 101 Å². The smallest absolute Gasteiger partial charge is 0.0714 e. The Balaban J connectivity index is 1.69. The van der Waals surface area contributed by atoms with Crippen molar-refractivity contribution < 1.29 is 0 Å². The summed E-state index contributed by atoms with van der Waals surface area (Å²) in [4.78, 5) is 0. The molecule has 5 aromatic carbocycles. The minimum Gasteiger partial charge on any atom is -0.313 e. The SMILES string of the molecule is c1ccc2c(c1)cn1c2c2ccc3sc4ccccc4c3c2c2ccc3c4ccccc4sc3c21. The molecule has 0 saturated heterocycles. The van der Waals surface area contributed by atoms with Gasteiger partial charge in [-0.05, 0) is 18.2 Å². The summed E-state index contributed by atoms with van der Waals surface area (Å²) in [6.45, 7) is 0. The topological polar surface area (TPSA) is 4.41 Å². The molecule has 0 amide bonds. The zero-order chi connectivity index (χ0) is 22.7. The highest BCUT2D eigenvalue weighted by Gasteiger charge is 2.19. The maximum atomic E-state index is 2.47. The van der Waals surface area contributed by atoms with Crippen LogP contribution in [0.3, 0.4) is 0 Å². The molecule has 0 aliphatic carbocycles. The zero-order valence-corrected chi connectivity index (χ0v) is 20.2. The Labute approximate surface area is 208 Å². The molecule has 0 saturated carbocycles. The van der Waals surface area contributed by atoms with E-state index in [9.17, 15) is 0 Å². The molecule has 0 atom stereocenters. The van der Waals surface area contributed by atoms with Crippen LogP contribution >= 0.6 is 22.7 Å². The van der Waals surface area contributed by atoms with E-state index < -0.39 is 0 Å². The van der Waals surface area contributed by atoms with Gasteiger partial charge in [0.15, 0.2) is 0 Å². The van der Waals surface area contributed by atoms with Crippen molar-refractivity contribution in [3.05, 3.63) is 103 Å². The summed E-state index contributed by atoms with van der Waals surface area (Å²) in [5.74, 6) is 0. The fraction of sp³-hybridized carbons (Fsp3) is 0. The molecule has 4 aromatic heterocycles. The van der Waals surface area contributed by atoms with Crippen molar-refractivity contribution in [1.29, 1.82) is 0 Å². The van der Waals surface area contributed by atoms with Crippen molar-refractivity contribution in [3.8, 4) is 0 Å². The van der Waals surface area contributed by atoms with Crippen LogP contribution in [0.5, 0.6) is 0 Å². The normalized spacial score (nSPS) is 12.6. The summed E-state index contributed by atoms with van der Waals surface area (Å²) in [5.41, 5.74) is 2.63. The number of benzene rings is 5. The van der Waals surface area contributed by atoms with E-state index in [2.05, 4.69) is 108 Å². The van der Waals surface area contributed by atoms with E-state index in [-0.39, 0.29) is 0 Å². The van der Waals surface area contributed by atoms with Crippen molar-refractivity contribution in [2.75, 3.05) is 0 Å². The lowest BCUT2D eigenvalue weighted by Gasteiger charge is -2.12. The molecular formula is C32H17NS2. The number of pyridine rings is 1. The number of nitrogens with zero attached hydrogens (tertiary/aromatic N) is 1. The first kappa shape index (κ1) is 18.4. The molecule has 0 aliphatic rings. The molecule has 0 bridgehead atoms. The Bertz CT molecular complexity index is 2330. The Hall–Kier alpha value is -3.92. The number of thiophene rings is 2. The van der Waals surface area contributed by atoms with Crippen LogP contribution in [0.4, 0.5) is 0 Å². The van der Waals surface area contributed by atoms with Crippen LogP contribution in [0.15, 0.2) is 103 Å². The average molecular weight is 480 g/mol. The van der Waals surface area contributed by atoms with E-state index in [0.29, 0.717) is 0 Å². The maximum absolute atomic E-state index is 2.47. The van der Waals surface area contributed by atoms with Crippen LogP contribution in [0, 0.1) is 0 Å². The van der Waals surface area contributed by atoms with Gasteiger partial charge >= 0.3 is 0 Å². The summed E-state index contributed by atoms with van der Waals surface area (Å²) in [7, 11) is 0. The predicted molar refractivity (Wildman–Crippen MR) is 156 cm³/mol. The Kier molecular flexibility index (Phi) is 3.36. The number of rotatable bonds is 0. The van der Waals surface area contributed by atoms with Gasteiger partial charge in [-0.2, -0.15) is 0 Å². The molecule has 0 spiro atoms. The second-order valence-electron chi connectivity index (χ2n) is 9.33. The molecule has 1 nitrogen and oxygen atoms in total. The standard InChI is InChI=1S/C32H17NS2/c1-2-8-19-18(7-1)17-33-30(19)23-15-16-27-29(22-10-4-6-12-26(22)34-27)28(23)24-14-13-21-20-9-3-5-11-25(20)35-32(21)31(24)33/h1-17H. The summed E-state index contributed by atoms with van der Waals surface area (Å²) >= 11 is 3.82. The van der Waals surface area contributed by atoms with E-state index in [1.54, 1.807) is 0 Å². The number of fused-ring (bicyclic) bond motifs is 16. The lowest BCUT2D eigenvalue weighted by molar-refractivity contribution is 1.31. The third-order valence-corrected chi connectivity index (χ3v) is 9.88. The lowest BCUT2D eigenvalue weighted by Crippen LogP contribution is -1.90. The zero-order valence-electron chi connectivity index (χ0n) is 18.6. The summed E-state index contributed by atoms with van der Waals surface area (Å²) in [6.07, 6.45) is 2.34. The quantitative estimate of drug-likeness (QED) is 0.191. The molecule has 9 rings (SSSR count). The minimum atomic E-state index is 1.29. The molecular weight excluding hydrogens is 462 g/mol. The van der Waals surface area contributed by atoms with Crippen molar-refractivity contribution in [2.45, 2.75) is 0 Å². The molecule has 0 unspecified atom stereocenters. The van der Waals surface area contributed by atoms with Crippen LogP contribution in [-0.4, -0.2) is 4.40 Å².